The third-order valence-electron chi connectivity index (χ3n) is 4.58. The van der Waals surface area contributed by atoms with Gasteiger partial charge < -0.3 is 15.0 Å². The molecule has 2 aromatic rings. The van der Waals surface area contributed by atoms with Gasteiger partial charge in [-0.25, -0.2) is 4.79 Å². The highest BCUT2D eigenvalue weighted by Crippen LogP contribution is 2.11. The van der Waals surface area contributed by atoms with Crippen molar-refractivity contribution in [2.75, 3.05) is 31.6 Å². The van der Waals surface area contributed by atoms with E-state index in [1.165, 1.54) is 16.5 Å². The second-order valence-electron chi connectivity index (χ2n) is 6.65. The van der Waals surface area contributed by atoms with Crippen molar-refractivity contribution in [2.45, 2.75) is 20.8 Å². The first-order chi connectivity index (χ1) is 13.5. The fourth-order valence-corrected chi connectivity index (χ4v) is 2.70. The van der Waals surface area contributed by atoms with Gasteiger partial charge in [-0.2, -0.15) is 0 Å². The number of ether oxygens (including phenoxy) is 1. The second kappa shape index (κ2) is 11.0. The van der Waals surface area contributed by atoms with Crippen LogP contribution in [0.3, 0.4) is 0 Å². The number of amides is 1. The van der Waals surface area contributed by atoms with E-state index >= 15 is 0 Å². The van der Waals surface area contributed by atoms with E-state index in [4.69, 9.17) is 4.74 Å². The molecule has 0 bridgehead atoms. The molecule has 0 aliphatic carbocycles. The van der Waals surface area contributed by atoms with E-state index in [9.17, 15) is 9.59 Å². The van der Waals surface area contributed by atoms with Crippen LogP contribution in [-0.4, -0.2) is 38.1 Å². The Kier molecular flexibility index (Phi) is 8.43. The molecule has 148 valence electrons. The van der Waals surface area contributed by atoms with Crippen LogP contribution >= 0.6 is 0 Å². The van der Waals surface area contributed by atoms with E-state index in [1.54, 1.807) is 30.3 Å². The first-order valence-electron chi connectivity index (χ1n) is 9.68. The van der Waals surface area contributed by atoms with Gasteiger partial charge in [-0.1, -0.05) is 29.8 Å². The number of hydrogen-bond acceptors (Lipinski definition) is 3. The third kappa shape index (κ3) is 7.00. The Morgan fingerprint density at radius 3 is 2.25 bits per heavy atom. The number of benzene rings is 2. The monoisotopic (exact) mass is 381 g/mol. The van der Waals surface area contributed by atoms with Crippen molar-refractivity contribution < 1.29 is 19.2 Å². The molecule has 1 amide bonds. The van der Waals surface area contributed by atoms with Crippen molar-refractivity contribution >= 4 is 23.6 Å². The summed E-state index contributed by atoms with van der Waals surface area (Å²) in [6, 6.07) is 14.6. The first kappa shape index (κ1) is 21.4. The molecule has 5 nitrogen and oxygen atoms in total. The molecule has 0 saturated heterocycles. The van der Waals surface area contributed by atoms with Crippen molar-refractivity contribution in [3.05, 3.63) is 71.3 Å². The Morgan fingerprint density at radius 2 is 1.64 bits per heavy atom. The summed E-state index contributed by atoms with van der Waals surface area (Å²) in [5, 5.41) is 2.78. The number of carbonyl (C=O) groups is 2. The summed E-state index contributed by atoms with van der Waals surface area (Å²) < 4.78 is 5.32. The first-order valence-corrected chi connectivity index (χ1v) is 9.68. The highest BCUT2D eigenvalue weighted by atomic mass is 16.5. The number of carbonyl (C=O) groups excluding carboxylic acids is 2. The quantitative estimate of drug-likeness (QED) is 0.519. The van der Waals surface area contributed by atoms with Crippen molar-refractivity contribution in [3.8, 4) is 0 Å². The summed E-state index contributed by atoms with van der Waals surface area (Å²) >= 11 is 0. The molecular formula is C23H29N2O3+. The van der Waals surface area contributed by atoms with Gasteiger partial charge in [-0.3, -0.25) is 4.79 Å². The Morgan fingerprint density at radius 1 is 1.00 bits per heavy atom. The molecule has 0 atom stereocenters. The lowest BCUT2D eigenvalue weighted by molar-refractivity contribution is -0.896. The molecule has 2 aromatic carbocycles. The van der Waals surface area contributed by atoms with Gasteiger partial charge in [0.15, 0.2) is 0 Å². The van der Waals surface area contributed by atoms with Crippen molar-refractivity contribution in [1.29, 1.82) is 0 Å². The molecule has 28 heavy (non-hydrogen) atoms. The molecule has 0 aliphatic rings. The van der Waals surface area contributed by atoms with Gasteiger partial charge in [0.05, 0.1) is 18.7 Å². The molecule has 0 radical (unpaired) electrons. The minimum absolute atomic E-state index is 0.224. The van der Waals surface area contributed by atoms with Gasteiger partial charge in [0.25, 0.3) is 0 Å². The maximum Gasteiger partial charge on any atom is 0.338 e. The number of anilines is 1. The average molecular weight is 381 g/mol. The van der Waals surface area contributed by atoms with E-state index in [1.807, 2.05) is 31.2 Å². The molecule has 0 aliphatic heterocycles. The summed E-state index contributed by atoms with van der Waals surface area (Å²) in [5.74, 6) is -0.568. The van der Waals surface area contributed by atoms with Crippen molar-refractivity contribution in [3.63, 3.8) is 0 Å². The minimum Gasteiger partial charge on any atom is -0.456 e. The van der Waals surface area contributed by atoms with Crippen LogP contribution in [0.1, 0.15) is 35.3 Å². The normalized spacial score (nSPS) is 11.0. The van der Waals surface area contributed by atoms with Gasteiger partial charge in [-0.15, -0.1) is 0 Å². The lowest BCUT2D eigenvalue weighted by atomic mass is 10.1. The summed E-state index contributed by atoms with van der Waals surface area (Å²) in [4.78, 5) is 25.5. The van der Waals surface area contributed by atoms with Crippen LogP contribution in [0.4, 0.5) is 5.69 Å². The average Bonchev–Trinajstić information content (AvgIpc) is 2.71. The Balaban J connectivity index is 1.83. The number of rotatable bonds is 9. The zero-order chi connectivity index (χ0) is 20.4. The molecule has 0 unspecified atom stereocenters. The highest BCUT2D eigenvalue weighted by Gasteiger charge is 2.09. The van der Waals surface area contributed by atoms with Crippen LogP contribution in [0.5, 0.6) is 0 Å². The maximum absolute atomic E-state index is 12.1. The number of nitrogens with one attached hydrogen (secondary N) is 2. The van der Waals surface area contributed by atoms with Gasteiger partial charge in [-0.05, 0) is 56.7 Å². The Bertz CT molecular complexity index is 792. The number of likely N-dealkylation sites (N-methyl/N-ethyl adjacent to an activating group) is 1. The summed E-state index contributed by atoms with van der Waals surface area (Å²) in [5.41, 5.74) is 3.24. The highest BCUT2D eigenvalue weighted by molar-refractivity contribution is 6.02. The number of quaternary nitrogens is 1. The van der Waals surface area contributed by atoms with Crippen LogP contribution in [-0.2, 0) is 9.53 Å². The summed E-state index contributed by atoms with van der Waals surface area (Å²) in [6.45, 7) is 9.49. The van der Waals surface area contributed by atoms with Crippen LogP contribution in [0.2, 0.25) is 0 Å². The predicted octanol–water partition coefficient (Wildman–Crippen LogP) is 2.73. The topological polar surface area (TPSA) is 59.8 Å². The Labute approximate surface area is 167 Å². The smallest absolute Gasteiger partial charge is 0.338 e. The lowest BCUT2D eigenvalue weighted by Crippen LogP contribution is -3.11. The molecule has 0 spiro atoms. The SMILES string of the molecule is CC[NH+](CC)CCOC(=O)c1ccc(NC(=O)/C=C/c2ccc(C)cc2)cc1. The minimum atomic E-state index is -0.344. The number of aryl methyl sites for hydroxylation is 1. The van der Waals surface area contributed by atoms with Gasteiger partial charge in [0.1, 0.15) is 13.2 Å². The summed E-state index contributed by atoms with van der Waals surface area (Å²) in [7, 11) is 0. The molecule has 0 saturated carbocycles. The van der Waals surface area contributed by atoms with E-state index in [-0.39, 0.29) is 11.9 Å². The fraction of sp³-hybridized carbons (Fsp3) is 0.304. The second-order valence-corrected chi connectivity index (χ2v) is 6.65. The maximum atomic E-state index is 12.1. The van der Waals surface area contributed by atoms with Crippen molar-refractivity contribution in [2.24, 2.45) is 0 Å². The van der Waals surface area contributed by atoms with Crippen LogP contribution < -0.4 is 10.2 Å². The van der Waals surface area contributed by atoms with Crippen LogP contribution in [0.15, 0.2) is 54.6 Å². The van der Waals surface area contributed by atoms with Crippen LogP contribution in [0.25, 0.3) is 6.08 Å². The van der Waals surface area contributed by atoms with Gasteiger partial charge in [0, 0.05) is 11.8 Å². The molecule has 0 heterocycles. The van der Waals surface area contributed by atoms with E-state index in [0.717, 1.165) is 25.2 Å². The molecule has 0 fully saturated rings. The fourth-order valence-electron chi connectivity index (χ4n) is 2.70. The molecule has 5 heteroatoms. The van der Waals surface area contributed by atoms with Gasteiger partial charge >= 0.3 is 5.97 Å². The summed E-state index contributed by atoms with van der Waals surface area (Å²) in [6.07, 6.45) is 3.25. The lowest BCUT2D eigenvalue weighted by Gasteiger charge is -2.15. The third-order valence-corrected chi connectivity index (χ3v) is 4.58. The van der Waals surface area contributed by atoms with E-state index < -0.39 is 0 Å². The molecular weight excluding hydrogens is 352 g/mol. The number of hydrogen-bond donors (Lipinski definition) is 2. The zero-order valence-corrected chi connectivity index (χ0v) is 16.8. The van der Waals surface area contributed by atoms with Crippen LogP contribution in [0, 0.1) is 6.92 Å². The largest absolute Gasteiger partial charge is 0.456 e. The number of esters is 1. The van der Waals surface area contributed by atoms with Crippen molar-refractivity contribution in [1.82, 2.24) is 0 Å². The van der Waals surface area contributed by atoms with Gasteiger partial charge in [0.2, 0.25) is 5.91 Å². The Hall–Kier alpha value is -2.92. The van der Waals surface area contributed by atoms with E-state index in [0.29, 0.717) is 17.9 Å². The standard InChI is InChI=1S/C23H28N2O3/c1-4-25(5-2)16-17-28-23(27)20-11-13-21(14-12-20)24-22(26)15-10-19-8-6-18(3)7-9-19/h6-15H,4-5,16-17H2,1-3H3,(H,24,26)/p+1/b15-10+. The van der Waals surface area contributed by atoms with E-state index in [2.05, 4.69) is 19.2 Å². The molecule has 2 rings (SSSR count). The molecule has 0 aromatic heterocycles. The predicted molar refractivity (Wildman–Crippen MR) is 112 cm³/mol. The zero-order valence-electron chi connectivity index (χ0n) is 16.8. The molecule has 2 N–H and O–H groups in total.